The third-order valence-corrected chi connectivity index (χ3v) is 3.89. The number of aromatic nitrogens is 1. The zero-order chi connectivity index (χ0) is 17.3. The minimum absolute atomic E-state index is 0.0814. The van der Waals surface area contributed by atoms with Crippen LogP contribution in [0.15, 0.2) is 28.1 Å². The van der Waals surface area contributed by atoms with Crippen LogP contribution in [0.1, 0.15) is 22.4 Å². The first kappa shape index (κ1) is 16.1. The summed E-state index contributed by atoms with van der Waals surface area (Å²) in [6.45, 7) is 4.38. The van der Waals surface area contributed by atoms with Crippen LogP contribution in [-0.4, -0.2) is 24.1 Å². The Kier molecular flexibility index (Phi) is 4.28. The van der Waals surface area contributed by atoms with Gasteiger partial charge in [0.05, 0.1) is 11.2 Å². The van der Waals surface area contributed by atoms with Gasteiger partial charge in [-0.2, -0.15) is 10.4 Å². The maximum Gasteiger partial charge on any atom is 0.289 e. The summed E-state index contributed by atoms with van der Waals surface area (Å²) in [4.78, 5) is 12.3. The molecule has 3 rings (SSSR count). The lowest BCUT2D eigenvalue weighted by Gasteiger charge is -2.19. The molecule has 2 heterocycles. The van der Waals surface area contributed by atoms with E-state index < -0.39 is 5.56 Å². The summed E-state index contributed by atoms with van der Waals surface area (Å²) in [5, 5.41) is 13.7. The quantitative estimate of drug-likeness (QED) is 0.785. The van der Waals surface area contributed by atoms with Crippen molar-refractivity contribution in [3.8, 4) is 17.6 Å². The Hall–Kier alpha value is -2.78. The molecule has 1 aliphatic rings. The largest absolute Gasteiger partial charge is 0.486 e. The van der Waals surface area contributed by atoms with E-state index in [0.717, 1.165) is 0 Å². The highest BCUT2D eigenvalue weighted by atomic mass is 35.5. The van der Waals surface area contributed by atoms with Crippen molar-refractivity contribution in [3.63, 3.8) is 0 Å². The summed E-state index contributed by atoms with van der Waals surface area (Å²) in [5.41, 5.74) is 1.56. The van der Waals surface area contributed by atoms with Crippen LogP contribution in [0.5, 0.6) is 11.5 Å². The minimum Gasteiger partial charge on any atom is -0.486 e. The molecule has 1 aliphatic heterocycles. The van der Waals surface area contributed by atoms with E-state index in [9.17, 15) is 4.79 Å². The molecule has 0 bridgehead atoms. The van der Waals surface area contributed by atoms with Crippen LogP contribution < -0.4 is 15.0 Å². The number of hydrogen-bond donors (Lipinski definition) is 0. The Morgan fingerprint density at radius 2 is 2.04 bits per heavy atom. The lowest BCUT2D eigenvalue weighted by Crippen LogP contribution is -2.22. The summed E-state index contributed by atoms with van der Waals surface area (Å²) in [6, 6.07) is 7.08. The number of fused-ring (bicyclic) bond motifs is 1. The summed E-state index contributed by atoms with van der Waals surface area (Å²) < 4.78 is 12.2. The molecule has 2 aromatic rings. The first-order valence-corrected chi connectivity index (χ1v) is 7.66. The highest BCUT2D eigenvalue weighted by Gasteiger charge is 2.16. The second kappa shape index (κ2) is 6.38. The molecule has 0 spiro atoms. The van der Waals surface area contributed by atoms with Crippen molar-refractivity contribution >= 4 is 17.8 Å². The van der Waals surface area contributed by atoms with Crippen molar-refractivity contribution in [1.82, 2.24) is 4.68 Å². The van der Waals surface area contributed by atoms with Gasteiger partial charge in [-0.1, -0.05) is 11.6 Å². The van der Waals surface area contributed by atoms with Gasteiger partial charge in [0.2, 0.25) is 0 Å². The highest BCUT2D eigenvalue weighted by Crippen LogP contribution is 2.37. The van der Waals surface area contributed by atoms with Crippen molar-refractivity contribution in [3.05, 3.63) is 56.0 Å². The van der Waals surface area contributed by atoms with Gasteiger partial charge >= 0.3 is 0 Å². The fourth-order valence-electron chi connectivity index (χ4n) is 2.49. The molecule has 0 amide bonds. The zero-order valence-electron chi connectivity index (χ0n) is 13.2. The Labute approximate surface area is 143 Å². The van der Waals surface area contributed by atoms with E-state index in [1.165, 1.54) is 10.9 Å². The van der Waals surface area contributed by atoms with Crippen molar-refractivity contribution in [2.75, 3.05) is 13.2 Å². The van der Waals surface area contributed by atoms with Gasteiger partial charge in [0.25, 0.3) is 5.56 Å². The molecule has 7 heteroatoms. The summed E-state index contributed by atoms with van der Waals surface area (Å²) >= 11 is 6.18. The SMILES string of the molecule is Cc1cc(C)n(/N=C\c2cc(Cl)c3c(c2)OCCO3)c(=O)c1C#N. The van der Waals surface area contributed by atoms with Crippen molar-refractivity contribution in [1.29, 1.82) is 5.26 Å². The fourth-order valence-corrected chi connectivity index (χ4v) is 2.76. The van der Waals surface area contributed by atoms with Crippen LogP contribution in [0.3, 0.4) is 0 Å². The molecule has 0 saturated carbocycles. The number of halogens is 1. The Bertz CT molecular complexity index is 942. The highest BCUT2D eigenvalue weighted by molar-refractivity contribution is 6.32. The molecule has 0 radical (unpaired) electrons. The first-order valence-electron chi connectivity index (χ1n) is 7.28. The van der Waals surface area contributed by atoms with Gasteiger partial charge in [0, 0.05) is 5.69 Å². The van der Waals surface area contributed by atoms with E-state index in [0.29, 0.717) is 46.6 Å². The van der Waals surface area contributed by atoms with Gasteiger partial charge in [0.1, 0.15) is 24.8 Å². The van der Waals surface area contributed by atoms with Crippen molar-refractivity contribution in [2.24, 2.45) is 5.10 Å². The van der Waals surface area contributed by atoms with E-state index in [-0.39, 0.29) is 5.56 Å². The molecule has 24 heavy (non-hydrogen) atoms. The summed E-state index contributed by atoms with van der Waals surface area (Å²) in [5.74, 6) is 1.05. The fraction of sp³-hybridized carbons (Fsp3) is 0.235. The van der Waals surface area contributed by atoms with E-state index in [1.54, 1.807) is 32.0 Å². The molecule has 0 atom stereocenters. The second-order valence-corrected chi connectivity index (χ2v) is 5.75. The number of aryl methyl sites for hydroxylation is 2. The standard InChI is InChI=1S/C17H14ClN3O3/c1-10-5-11(2)21(17(22)13(10)8-19)20-9-12-6-14(18)16-15(7-12)23-3-4-24-16/h5-7,9H,3-4H2,1-2H3/b20-9-. The lowest BCUT2D eigenvalue weighted by molar-refractivity contribution is 0.171. The summed E-state index contributed by atoms with van der Waals surface area (Å²) in [6.07, 6.45) is 1.50. The number of ether oxygens (including phenoxy) is 2. The Morgan fingerprint density at radius 1 is 1.29 bits per heavy atom. The van der Waals surface area contributed by atoms with Crippen LogP contribution >= 0.6 is 11.6 Å². The Balaban J connectivity index is 2.02. The maximum absolute atomic E-state index is 12.3. The molecule has 0 saturated heterocycles. The van der Waals surface area contributed by atoms with Crippen molar-refractivity contribution in [2.45, 2.75) is 13.8 Å². The minimum atomic E-state index is -0.449. The van der Waals surface area contributed by atoms with Gasteiger partial charge in [-0.3, -0.25) is 4.79 Å². The Morgan fingerprint density at radius 3 is 2.79 bits per heavy atom. The number of benzene rings is 1. The smallest absolute Gasteiger partial charge is 0.289 e. The predicted molar refractivity (Wildman–Crippen MR) is 90.3 cm³/mol. The number of pyridine rings is 1. The van der Waals surface area contributed by atoms with E-state index in [2.05, 4.69) is 5.10 Å². The van der Waals surface area contributed by atoms with Crippen LogP contribution in [0.2, 0.25) is 5.02 Å². The maximum atomic E-state index is 12.3. The molecule has 1 aromatic carbocycles. The third kappa shape index (κ3) is 2.86. The first-order chi connectivity index (χ1) is 11.5. The van der Waals surface area contributed by atoms with E-state index in [4.69, 9.17) is 26.3 Å². The van der Waals surface area contributed by atoms with Crippen LogP contribution in [0.4, 0.5) is 0 Å². The molecule has 122 valence electrons. The number of nitrogens with zero attached hydrogens (tertiary/aromatic N) is 3. The van der Waals surface area contributed by atoms with E-state index in [1.807, 2.05) is 6.07 Å². The predicted octanol–water partition coefficient (Wildman–Crippen LogP) is 2.64. The average Bonchev–Trinajstić information content (AvgIpc) is 2.55. The van der Waals surface area contributed by atoms with Gasteiger partial charge in [0.15, 0.2) is 11.5 Å². The molecular formula is C17H14ClN3O3. The molecule has 1 aromatic heterocycles. The van der Waals surface area contributed by atoms with Crippen LogP contribution in [-0.2, 0) is 0 Å². The monoisotopic (exact) mass is 343 g/mol. The second-order valence-electron chi connectivity index (χ2n) is 5.34. The third-order valence-electron chi connectivity index (χ3n) is 3.61. The normalized spacial score (nSPS) is 13.1. The van der Waals surface area contributed by atoms with Gasteiger partial charge < -0.3 is 9.47 Å². The zero-order valence-corrected chi connectivity index (χ0v) is 13.9. The molecular weight excluding hydrogens is 330 g/mol. The molecule has 0 N–H and O–H groups in total. The summed E-state index contributed by atoms with van der Waals surface area (Å²) in [7, 11) is 0. The van der Waals surface area contributed by atoms with Gasteiger partial charge in [-0.15, -0.1) is 0 Å². The molecule has 6 nitrogen and oxygen atoms in total. The number of rotatable bonds is 2. The average molecular weight is 344 g/mol. The number of hydrogen-bond acceptors (Lipinski definition) is 5. The topological polar surface area (TPSA) is 76.6 Å². The molecule has 0 unspecified atom stereocenters. The van der Waals surface area contributed by atoms with Gasteiger partial charge in [-0.05, 0) is 43.2 Å². The molecule has 0 aliphatic carbocycles. The molecule has 0 fully saturated rings. The van der Waals surface area contributed by atoms with Crippen LogP contribution in [0.25, 0.3) is 0 Å². The van der Waals surface area contributed by atoms with Gasteiger partial charge in [-0.25, -0.2) is 4.68 Å². The number of nitriles is 1. The lowest BCUT2D eigenvalue weighted by atomic mass is 10.1. The van der Waals surface area contributed by atoms with E-state index >= 15 is 0 Å². The van der Waals surface area contributed by atoms with Crippen LogP contribution in [0, 0.1) is 25.2 Å². The van der Waals surface area contributed by atoms with Crippen molar-refractivity contribution < 1.29 is 9.47 Å².